The van der Waals surface area contributed by atoms with E-state index in [0.29, 0.717) is 12.0 Å². The Morgan fingerprint density at radius 2 is 2.00 bits per heavy atom. The molecule has 1 atom stereocenters. The zero-order valence-electron chi connectivity index (χ0n) is 11.6. The molecule has 1 aliphatic heterocycles. The van der Waals surface area contributed by atoms with Crippen molar-refractivity contribution >= 4 is 23.2 Å². The molecule has 0 radical (unpaired) electrons. The Hall–Kier alpha value is -0.280. The Bertz CT molecular complexity index is 400. The molecule has 1 heterocycles. The lowest BCUT2D eigenvalue weighted by molar-refractivity contribution is 0.238. The average Bonchev–Trinajstić information content (AvgIpc) is 2.59. The molecule has 1 N–H and O–H groups in total. The van der Waals surface area contributed by atoms with Crippen LogP contribution in [0.25, 0.3) is 0 Å². The molecule has 19 heavy (non-hydrogen) atoms. The van der Waals surface area contributed by atoms with Gasteiger partial charge in [-0.25, -0.2) is 0 Å². The van der Waals surface area contributed by atoms with Gasteiger partial charge in [0.05, 0.1) is 0 Å². The number of nitrogens with one attached hydrogen (secondary N) is 1. The molecule has 1 saturated heterocycles. The van der Waals surface area contributed by atoms with Gasteiger partial charge >= 0.3 is 0 Å². The normalized spacial score (nSPS) is 21.6. The molecule has 2 rings (SSSR count). The van der Waals surface area contributed by atoms with Gasteiger partial charge in [0.1, 0.15) is 0 Å². The Balaban J connectivity index is 2.08. The fourth-order valence-electron chi connectivity index (χ4n) is 2.52. The highest BCUT2D eigenvalue weighted by molar-refractivity contribution is 6.35. The van der Waals surface area contributed by atoms with Crippen molar-refractivity contribution in [2.75, 3.05) is 19.6 Å². The quantitative estimate of drug-likeness (QED) is 0.913. The molecule has 0 aliphatic carbocycles. The molecule has 1 aromatic carbocycles. The van der Waals surface area contributed by atoms with Crippen molar-refractivity contribution in [1.82, 2.24) is 10.2 Å². The van der Waals surface area contributed by atoms with E-state index in [1.54, 1.807) is 0 Å². The summed E-state index contributed by atoms with van der Waals surface area (Å²) in [6.07, 6.45) is 1.17. The first-order valence-corrected chi connectivity index (χ1v) is 7.72. The number of hydrogen-bond acceptors (Lipinski definition) is 2. The van der Waals surface area contributed by atoms with Gasteiger partial charge in [-0.15, -0.1) is 0 Å². The average molecular weight is 301 g/mol. The van der Waals surface area contributed by atoms with Crippen LogP contribution < -0.4 is 5.32 Å². The largest absolute Gasteiger partial charge is 0.312 e. The zero-order chi connectivity index (χ0) is 13.8. The van der Waals surface area contributed by atoms with Gasteiger partial charge in [0, 0.05) is 34.7 Å². The van der Waals surface area contributed by atoms with Crippen LogP contribution in [-0.2, 0) is 6.54 Å². The van der Waals surface area contributed by atoms with Gasteiger partial charge in [0.25, 0.3) is 0 Å². The first-order chi connectivity index (χ1) is 9.08. The van der Waals surface area contributed by atoms with Gasteiger partial charge in [-0.3, -0.25) is 4.90 Å². The van der Waals surface area contributed by atoms with Crippen LogP contribution in [0.2, 0.25) is 10.0 Å². The topological polar surface area (TPSA) is 15.3 Å². The predicted octanol–water partition coefficient (Wildman–Crippen LogP) is 3.81. The van der Waals surface area contributed by atoms with Crippen LogP contribution >= 0.6 is 23.2 Å². The Labute approximate surface area is 126 Å². The Kier molecular flexibility index (Phi) is 5.52. The van der Waals surface area contributed by atoms with Gasteiger partial charge in [0.2, 0.25) is 0 Å². The summed E-state index contributed by atoms with van der Waals surface area (Å²) in [7, 11) is 0. The summed E-state index contributed by atoms with van der Waals surface area (Å²) in [5.41, 5.74) is 1.05. The second-order valence-electron chi connectivity index (χ2n) is 5.59. The highest BCUT2D eigenvalue weighted by atomic mass is 35.5. The van der Waals surface area contributed by atoms with Crippen LogP contribution in [0.3, 0.4) is 0 Å². The number of benzene rings is 1. The van der Waals surface area contributed by atoms with E-state index in [9.17, 15) is 0 Å². The van der Waals surface area contributed by atoms with Crippen LogP contribution in [-0.4, -0.2) is 30.6 Å². The van der Waals surface area contributed by atoms with E-state index in [4.69, 9.17) is 23.2 Å². The monoisotopic (exact) mass is 300 g/mol. The van der Waals surface area contributed by atoms with Crippen LogP contribution in [0.15, 0.2) is 18.2 Å². The molecule has 0 aromatic heterocycles. The van der Waals surface area contributed by atoms with Crippen molar-refractivity contribution in [2.24, 2.45) is 5.92 Å². The van der Waals surface area contributed by atoms with Gasteiger partial charge in [0.15, 0.2) is 0 Å². The molecule has 1 fully saturated rings. The van der Waals surface area contributed by atoms with Crippen molar-refractivity contribution in [3.63, 3.8) is 0 Å². The first kappa shape index (κ1) is 15.1. The number of rotatable bonds is 3. The minimum Gasteiger partial charge on any atom is -0.312 e. The van der Waals surface area contributed by atoms with Crippen molar-refractivity contribution in [3.05, 3.63) is 33.8 Å². The second kappa shape index (κ2) is 6.94. The lowest BCUT2D eigenvalue weighted by Crippen LogP contribution is -2.41. The summed E-state index contributed by atoms with van der Waals surface area (Å²) >= 11 is 12.5. The molecule has 1 aromatic rings. The SMILES string of the molecule is CC(C)C1CN(Cc2c(Cl)cccc2Cl)CCCN1. The molecule has 2 nitrogen and oxygen atoms in total. The van der Waals surface area contributed by atoms with Gasteiger partial charge in [-0.2, -0.15) is 0 Å². The van der Waals surface area contributed by atoms with E-state index in [1.165, 1.54) is 6.42 Å². The van der Waals surface area contributed by atoms with Crippen LogP contribution in [0.4, 0.5) is 0 Å². The van der Waals surface area contributed by atoms with Crippen LogP contribution in [0.1, 0.15) is 25.8 Å². The Morgan fingerprint density at radius 3 is 2.63 bits per heavy atom. The summed E-state index contributed by atoms with van der Waals surface area (Å²) < 4.78 is 0. The maximum absolute atomic E-state index is 6.26. The van der Waals surface area contributed by atoms with Crippen LogP contribution in [0, 0.1) is 5.92 Å². The minimum absolute atomic E-state index is 0.545. The summed E-state index contributed by atoms with van der Waals surface area (Å²) in [6, 6.07) is 6.27. The first-order valence-electron chi connectivity index (χ1n) is 6.96. The molecule has 0 spiro atoms. The van der Waals surface area contributed by atoms with E-state index in [2.05, 4.69) is 24.1 Å². The van der Waals surface area contributed by atoms with Gasteiger partial charge in [-0.1, -0.05) is 43.1 Å². The number of nitrogens with zero attached hydrogens (tertiary/aromatic N) is 1. The predicted molar refractivity (Wildman–Crippen MR) is 83.0 cm³/mol. The molecule has 4 heteroatoms. The number of halogens is 2. The summed E-state index contributed by atoms with van der Waals surface area (Å²) in [5, 5.41) is 5.16. The fraction of sp³-hybridized carbons (Fsp3) is 0.600. The summed E-state index contributed by atoms with van der Waals surface area (Å²) in [4.78, 5) is 2.46. The third-order valence-corrected chi connectivity index (χ3v) is 4.47. The molecule has 0 amide bonds. The zero-order valence-corrected chi connectivity index (χ0v) is 13.1. The van der Waals surface area contributed by atoms with E-state index < -0.39 is 0 Å². The minimum atomic E-state index is 0.545. The maximum Gasteiger partial charge on any atom is 0.0465 e. The standard InChI is InChI=1S/C15H22Cl2N2/c1-11(2)15-10-19(8-4-7-18-15)9-12-13(16)5-3-6-14(12)17/h3,5-6,11,15,18H,4,7-10H2,1-2H3. The lowest BCUT2D eigenvalue weighted by Gasteiger charge is -2.27. The highest BCUT2D eigenvalue weighted by Gasteiger charge is 2.21. The fourth-order valence-corrected chi connectivity index (χ4v) is 3.04. The van der Waals surface area contributed by atoms with E-state index in [-0.39, 0.29) is 0 Å². The smallest absolute Gasteiger partial charge is 0.0465 e. The third kappa shape index (κ3) is 4.09. The summed E-state index contributed by atoms with van der Waals surface area (Å²) in [6.45, 7) is 8.61. The van der Waals surface area contributed by atoms with Crippen molar-refractivity contribution in [3.8, 4) is 0 Å². The van der Waals surface area contributed by atoms with E-state index in [0.717, 1.165) is 41.8 Å². The maximum atomic E-state index is 6.26. The molecule has 0 saturated carbocycles. The van der Waals surface area contributed by atoms with E-state index >= 15 is 0 Å². The molecular formula is C15H22Cl2N2. The molecule has 0 bridgehead atoms. The number of hydrogen-bond donors (Lipinski definition) is 1. The van der Waals surface area contributed by atoms with Crippen molar-refractivity contribution in [1.29, 1.82) is 0 Å². The highest BCUT2D eigenvalue weighted by Crippen LogP contribution is 2.26. The van der Waals surface area contributed by atoms with Gasteiger partial charge < -0.3 is 5.32 Å². The lowest BCUT2D eigenvalue weighted by atomic mass is 10.0. The third-order valence-electron chi connectivity index (χ3n) is 3.76. The summed E-state index contributed by atoms with van der Waals surface area (Å²) in [5.74, 6) is 0.641. The van der Waals surface area contributed by atoms with Gasteiger partial charge in [-0.05, 0) is 37.6 Å². The molecule has 1 unspecified atom stereocenters. The Morgan fingerprint density at radius 1 is 1.32 bits per heavy atom. The molecule has 1 aliphatic rings. The molecule has 106 valence electrons. The van der Waals surface area contributed by atoms with Crippen molar-refractivity contribution in [2.45, 2.75) is 32.9 Å². The van der Waals surface area contributed by atoms with E-state index in [1.807, 2.05) is 18.2 Å². The molecular weight excluding hydrogens is 279 g/mol. The second-order valence-corrected chi connectivity index (χ2v) is 6.41. The van der Waals surface area contributed by atoms with Crippen LogP contribution in [0.5, 0.6) is 0 Å². The van der Waals surface area contributed by atoms with Crippen molar-refractivity contribution < 1.29 is 0 Å².